The van der Waals surface area contributed by atoms with Crippen LogP contribution in [0.4, 0.5) is 0 Å². The minimum absolute atomic E-state index is 0.254. The van der Waals surface area contributed by atoms with Crippen LogP contribution in [0.1, 0.15) is 24.7 Å². The summed E-state index contributed by atoms with van der Waals surface area (Å²) in [6.45, 7) is 6.44. The summed E-state index contributed by atoms with van der Waals surface area (Å²) in [5.41, 5.74) is 0.973. The van der Waals surface area contributed by atoms with Gasteiger partial charge in [-0.15, -0.1) is 0 Å². The molecule has 118 valence electrons. The van der Waals surface area contributed by atoms with Crippen molar-refractivity contribution in [2.24, 2.45) is 0 Å². The summed E-state index contributed by atoms with van der Waals surface area (Å²) in [5, 5.41) is 0. The number of rotatable bonds is 7. The van der Waals surface area contributed by atoms with Crippen LogP contribution in [-0.2, 0) is 13.1 Å². The first kappa shape index (κ1) is 16.2. The third-order valence-corrected chi connectivity index (χ3v) is 3.45. The van der Waals surface area contributed by atoms with Crippen molar-refractivity contribution in [1.29, 1.82) is 0 Å². The molecule has 1 N–H and O–H groups in total. The van der Waals surface area contributed by atoms with Crippen molar-refractivity contribution in [3.05, 3.63) is 62.7 Å². The van der Waals surface area contributed by atoms with Gasteiger partial charge >= 0.3 is 5.69 Å². The Labute approximate surface area is 129 Å². The molecule has 0 bridgehead atoms. The molecule has 0 aromatic carbocycles. The highest BCUT2D eigenvalue weighted by Gasteiger charge is 2.08. The smallest absolute Gasteiger partial charge is 0.311 e. The van der Waals surface area contributed by atoms with Gasteiger partial charge in [0.1, 0.15) is 0 Å². The zero-order chi connectivity index (χ0) is 15.9. The molecule has 0 atom stereocenters. The molecule has 2 aromatic rings. The van der Waals surface area contributed by atoms with Gasteiger partial charge in [-0.3, -0.25) is 19.2 Å². The summed E-state index contributed by atoms with van der Waals surface area (Å²) in [7, 11) is 0. The van der Waals surface area contributed by atoms with E-state index in [4.69, 9.17) is 0 Å². The van der Waals surface area contributed by atoms with Gasteiger partial charge in [0.2, 0.25) is 0 Å². The maximum atomic E-state index is 11.9. The average Bonchev–Trinajstić information content (AvgIpc) is 2.47. The van der Waals surface area contributed by atoms with E-state index in [1.54, 1.807) is 13.1 Å². The zero-order valence-corrected chi connectivity index (χ0v) is 13.1. The third kappa shape index (κ3) is 4.39. The van der Waals surface area contributed by atoms with Gasteiger partial charge in [-0.25, -0.2) is 4.79 Å². The van der Waals surface area contributed by atoms with Crippen LogP contribution in [0, 0.1) is 6.92 Å². The molecule has 0 unspecified atom stereocenters. The Balaban J connectivity index is 2.06. The maximum absolute atomic E-state index is 11.9. The van der Waals surface area contributed by atoms with Gasteiger partial charge < -0.3 is 4.98 Å². The first-order valence-corrected chi connectivity index (χ1v) is 7.53. The molecule has 2 rings (SSSR count). The second kappa shape index (κ2) is 7.70. The average molecular weight is 302 g/mol. The highest BCUT2D eigenvalue weighted by atomic mass is 16.2. The van der Waals surface area contributed by atoms with E-state index >= 15 is 0 Å². The summed E-state index contributed by atoms with van der Waals surface area (Å²) >= 11 is 0. The lowest BCUT2D eigenvalue weighted by Crippen LogP contribution is -2.39. The second-order valence-electron chi connectivity index (χ2n) is 5.34. The maximum Gasteiger partial charge on any atom is 0.328 e. The van der Waals surface area contributed by atoms with Crippen molar-refractivity contribution >= 4 is 0 Å². The number of nitrogens with one attached hydrogen (secondary N) is 1. The quantitative estimate of drug-likeness (QED) is 0.833. The largest absolute Gasteiger partial charge is 0.328 e. The van der Waals surface area contributed by atoms with E-state index in [9.17, 15) is 9.59 Å². The Bertz CT molecular complexity index is 675. The van der Waals surface area contributed by atoms with E-state index < -0.39 is 0 Å². The molecule has 22 heavy (non-hydrogen) atoms. The van der Waals surface area contributed by atoms with Crippen LogP contribution in [-0.4, -0.2) is 32.5 Å². The molecule has 0 aliphatic heterocycles. The molecule has 0 amide bonds. The van der Waals surface area contributed by atoms with Crippen molar-refractivity contribution in [2.75, 3.05) is 13.1 Å². The van der Waals surface area contributed by atoms with Crippen molar-refractivity contribution in [3.63, 3.8) is 0 Å². The fourth-order valence-corrected chi connectivity index (χ4v) is 2.40. The number of nitrogens with zero attached hydrogens (tertiary/aromatic N) is 3. The molecule has 2 heterocycles. The number of aromatic amines is 1. The Morgan fingerprint density at radius 3 is 2.73 bits per heavy atom. The molecule has 6 heteroatoms. The summed E-state index contributed by atoms with van der Waals surface area (Å²) in [5.74, 6) is 0. The van der Waals surface area contributed by atoms with Gasteiger partial charge in [-0.05, 0) is 32.0 Å². The van der Waals surface area contributed by atoms with Gasteiger partial charge in [0, 0.05) is 37.6 Å². The molecule has 0 saturated heterocycles. The topological polar surface area (TPSA) is 71.0 Å². The van der Waals surface area contributed by atoms with E-state index in [-0.39, 0.29) is 11.2 Å². The van der Waals surface area contributed by atoms with Gasteiger partial charge in [0.15, 0.2) is 0 Å². The van der Waals surface area contributed by atoms with E-state index in [1.165, 1.54) is 10.6 Å². The van der Waals surface area contributed by atoms with Gasteiger partial charge in [0.05, 0.1) is 5.69 Å². The fourth-order valence-electron chi connectivity index (χ4n) is 2.40. The SMILES string of the molecule is CCCN(CCn1c(=O)cc(C)[nH]c1=O)Cc1ccccn1. The zero-order valence-electron chi connectivity index (χ0n) is 13.1. The molecule has 0 radical (unpaired) electrons. The Kier molecular flexibility index (Phi) is 5.66. The minimum atomic E-state index is -0.348. The highest BCUT2D eigenvalue weighted by molar-refractivity contribution is 5.03. The Morgan fingerprint density at radius 1 is 1.27 bits per heavy atom. The molecule has 0 spiro atoms. The Morgan fingerprint density at radius 2 is 2.09 bits per heavy atom. The fraction of sp³-hybridized carbons (Fsp3) is 0.438. The van der Waals surface area contributed by atoms with Crippen LogP contribution >= 0.6 is 0 Å². The van der Waals surface area contributed by atoms with Gasteiger partial charge in [-0.2, -0.15) is 0 Å². The number of pyridine rings is 1. The van der Waals surface area contributed by atoms with E-state index in [0.717, 1.165) is 18.7 Å². The van der Waals surface area contributed by atoms with Crippen LogP contribution in [0.2, 0.25) is 0 Å². The summed E-state index contributed by atoms with van der Waals surface area (Å²) in [6, 6.07) is 7.28. The molecule has 2 aromatic heterocycles. The predicted molar refractivity (Wildman–Crippen MR) is 85.9 cm³/mol. The Hall–Kier alpha value is -2.21. The van der Waals surface area contributed by atoms with Crippen LogP contribution in [0.5, 0.6) is 0 Å². The first-order valence-electron chi connectivity index (χ1n) is 7.53. The normalized spacial score (nSPS) is 11.0. The van der Waals surface area contributed by atoms with Gasteiger partial charge in [-0.1, -0.05) is 13.0 Å². The highest BCUT2D eigenvalue weighted by Crippen LogP contribution is 2.02. The van der Waals surface area contributed by atoms with Crippen molar-refractivity contribution in [1.82, 2.24) is 19.4 Å². The van der Waals surface area contributed by atoms with Crippen molar-refractivity contribution < 1.29 is 0 Å². The summed E-state index contributed by atoms with van der Waals surface area (Å²) in [6.07, 6.45) is 2.78. The number of H-pyrrole nitrogens is 1. The third-order valence-electron chi connectivity index (χ3n) is 3.45. The molecule has 0 aliphatic rings. The monoisotopic (exact) mass is 302 g/mol. The van der Waals surface area contributed by atoms with Crippen LogP contribution in [0.25, 0.3) is 0 Å². The minimum Gasteiger partial charge on any atom is -0.311 e. The lowest BCUT2D eigenvalue weighted by molar-refractivity contribution is 0.249. The van der Waals surface area contributed by atoms with E-state index in [2.05, 4.69) is 21.8 Å². The number of hydrogen-bond acceptors (Lipinski definition) is 4. The standard InChI is InChI=1S/C16H22N4O2/c1-3-8-19(12-14-6-4-5-7-17-14)9-10-20-15(21)11-13(2)18-16(20)22/h4-7,11H,3,8-10,12H2,1-2H3,(H,18,22). The lowest BCUT2D eigenvalue weighted by Gasteiger charge is -2.21. The van der Waals surface area contributed by atoms with Crippen molar-refractivity contribution in [2.45, 2.75) is 33.4 Å². The lowest BCUT2D eigenvalue weighted by atomic mass is 10.3. The molecule has 0 saturated carbocycles. The van der Waals surface area contributed by atoms with E-state index in [0.29, 0.717) is 25.3 Å². The van der Waals surface area contributed by atoms with E-state index in [1.807, 2.05) is 18.2 Å². The molecular weight excluding hydrogens is 280 g/mol. The summed E-state index contributed by atoms with van der Waals surface area (Å²) in [4.78, 5) is 33.0. The first-order chi connectivity index (χ1) is 10.6. The molecule has 0 fully saturated rings. The van der Waals surface area contributed by atoms with Crippen LogP contribution < -0.4 is 11.2 Å². The number of aromatic nitrogens is 3. The molecule has 0 aliphatic carbocycles. The summed E-state index contributed by atoms with van der Waals surface area (Å²) < 4.78 is 1.24. The van der Waals surface area contributed by atoms with Crippen molar-refractivity contribution in [3.8, 4) is 0 Å². The number of hydrogen-bond donors (Lipinski definition) is 1. The van der Waals surface area contributed by atoms with Gasteiger partial charge in [0.25, 0.3) is 5.56 Å². The predicted octanol–water partition coefficient (Wildman–Crippen LogP) is 1.15. The molecular formula is C16H22N4O2. The number of aryl methyl sites for hydroxylation is 1. The van der Waals surface area contributed by atoms with Crippen LogP contribution in [0.3, 0.4) is 0 Å². The molecule has 6 nitrogen and oxygen atoms in total. The van der Waals surface area contributed by atoms with Crippen LogP contribution in [0.15, 0.2) is 40.1 Å². The second-order valence-corrected chi connectivity index (χ2v) is 5.34.